The quantitative estimate of drug-likeness (QED) is 0.656. The molecule has 0 amide bonds. The van der Waals surface area contributed by atoms with Crippen LogP contribution in [0, 0.1) is 11.8 Å². The van der Waals surface area contributed by atoms with Crippen molar-refractivity contribution in [3.63, 3.8) is 0 Å². The third-order valence-corrected chi connectivity index (χ3v) is 3.90. The van der Waals surface area contributed by atoms with Gasteiger partial charge in [0.25, 0.3) is 0 Å². The molecule has 0 spiro atoms. The van der Waals surface area contributed by atoms with Gasteiger partial charge in [0, 0.05) is 0 Å². The Morgan fingerprint density at radius 1 is 1.00 bits per heavy atom. The van der Waals surface area contributed by atoms with Gasteiger partial charge in [0.05, 0.1) is 0 Å². The maximum atomic E-state index is 2.38. The molecule has 1 saturated carbocycles. The molecule has 0 heteroatoms. The molecule has 0 aliphatic heterocycles. The molecule has 82 valence electrons. The molecule has 2 unspecified atom stereocenters. The Balaban J connectivity index is 2.18. The van der Waals surface area contributed by atoms with Crippen LogP contribution in [0.3, 0.4) is 0 Å². The number of hydrogen-bond acceptors (Lipinski definition) is 0. The van der Waals surface area contributed by atoms with Crippen molar-refractivity contribution in [2.75, 3.05) is 0 Å². The number of rotatable bonds is 2. The van der Waals surface area contributed by atoms with E-state index in [2.05, 4.69) is 44.2 Å². The highest BCUT2D eigenvalue weighted by molar-refractivity contribution is 5.21. The molecule has 1 aromatic rings. The Hall–Kier alpha value is -0.780. The van der Waals surface area contributed by atoms with Crippen molar-refractivity contribution in [2.24, 2.45) is 11.8 Å². The Kier molecular flexibility index (Phi) is 3.45. The molecule has 0 radical (unpaired) electrons. The number of benzene rings is 1. The van der Waals surface area contributed by atoms with Crippen LogP contribution < -0.4 is 0 Å². The highest BCUT2D eigenvalue weighted by Gasteiger charge is 2.28. The zero-order valence-electron chi connectivity index (χ0n) is 9.95. The number of hydrogen-bond donors (Lipinski definition) is 0. The van der Waals surface area contributed by atoms with Gasteiger partial charge in [-0.3, -0.25) is 0 Å². The first-order valence-corrected chi connectivity index (χ1v) is 6.34. The predicted molar refractivity (Wildman–Crippen MR) is 66.0 cm³/mol. The minimum Gasteiger partial charge on any atom is -0.0625 e. The fourth-order valence-electron chi connectivity index (χ4n) is 3.07. The van der Waals surface area contributed by atoms with Crippen LogP contribution in [-0.4, -0.2) is 0 Å². The van der Waals surface area contributed by atoms with Crippen molar-refractivity contribution in [3.05, 3.63) is 35.9 Å². The summed E-state index contributed by atoms with van der Waals surface area (Å²) < 4.78 is 0. The Morgan fingerprint density at radius 3 is 2.33 bits per heavy atom. The van der Waals surface area contributed by atoms with Gasteiger partial charge in [0.15, 0.2) is 0 Å². The molecule has 2 rings (SSSR count). The third kappa shape index (κ3) is 2.42. The van der Waals surface area contributed by atoms with Crippen LogP contribution in [0.2, 0.25) is 0 Å². The Morgan fingerprint density at radius 2 is 1.67 bits per heavy atom. The van der Waals surface area contributed by atoms with E-state index in [1.54, 1.807) is 5.56 Å². The molecule has 1 aromatic carbocycles. The monoisotopic (exact) mass is 202 g/mol. The SMILES string of the molecule is CC(C)C1CCCCC1c1ccccc1. The van der Waals surface area contributed by atoms with Gasteiger partial charge in [-0.1, -0.05) is 57.0 Å². The zero-order chi connectivity index (χ0) is 10.7. The summed E-state index contributed by atoms with van der Waals surface area (Å²) in [5, 5.41) is 0. The largest absolute Gasteiger partial charge is 0.0625 e. The third-order valence-electron chi connectivity index (χ3n) is 3.90. The maximum absolute atomic E-state index is 2.38. The lowest BCUT2D eigenvalue weighted by Gasteiger charge is -2.34. The average Bonchev–Trinajstić information content (AvgIpc) is 2.30. The first-order chi connectivity index (χ1) is 7.29. The lowest BCUT2D eigenvalue weighted by Crippen LogP contribution is -2.22. The van der Waals surface area contributed by atoms with E-state index in [4.69, 9.17) is 0 Å². The summed E-state index contributed by atoms with van der Waals surface area (Å²) in [6.45, 7) is 4.76. The van der Waals surface area contributed by atoms with Gasteiger partial charge in [-0.05, 0) is 36.2 Å². The van der Waals surface area contributed by atoms with Crippen molar-refractivity contribution in [1.82, 2.24) is 0 Å². The van der Waals surface area contributed by atoms with Crippen LogP contribution >= 0.6 is 0 Å². The molecule has 0 N–H and O–H groups in total. The molecule has 0 bridgehead atoms. The van der Waals surface area contributed by atoms with Crippen LogP contribution in [-0.2, 0) is 0 Å². The van der Waals surface area contributed by atoms with Gasteiger partial charge in [0.1, 0.15) is 0 Å². The van der Waals surface area contributed by atoms with Crippen LogP contribution in [0.4, 0.5) is 0 Å². The summed E-state index contributed by atoms with van der Waals surface area (Å²) in [5.41, 5.74) is 1.57. The summed E-state index contributed by atoms with van der Waals surface area (Å²) in [6.07, 6.45) is 5.68. The van der Waals surface area contributed by atoms with E-state index in [1.807, 2.05) is 0 Å². The van der Waals surface area contributed by atoms with Crippen molar-refractivity contribution in [1.29, 1.82) is 0 Å². The molecule has 0 saturated heterocycles. The van der Waals surface area contributed by atoms with Crippen LogP contribution in [0.1, 0.15) is 51.0 Å². The zero-order valence-corrected chi connectivity index (χ0v) is 9.95. The highest BCUT2D eigenvalue weighted by Crippen LogP contribution is 2.41. The molecule has 1 aliphatic rings. The maximum Gasteiger partial charge on any atom is -0.0131 e. The summed E-state index contributed by atoms with van der Waals surface area (Å²) in [6, 6.07) is 11.1. The summed E-state index contributed by atoms with van der Waals surface area (Å²) >= 11 is 0. The summed E-state index contributed by atoms with van der Waals surface area (Å²) in [4.78, 5) is 0. The minimum atomic E-state index is 0.819. The standard InChI is InChI=1S/C15H22/c1-12(2)14-10-6-7-11-15(14)13-8-4-3-5-9-13/h3-5,8-9,12,14-15H,6-7,10-11H2,1-2H3. The average molecular weight is 202 g/mol. The smallest absolute Gasteiger partial charge is 0.0131 e. The first kappa shape index (κ1) is 10.7. The van der Waals surface area contributed by atoms with E-state index in [1.165, 1.54) is 25.7 Å². The topological polar surface area (TPSA) is 0 Å². The first-order valence-electron chi connectivity index (χ1n) is 6.34. The second kappa shape index (κ2) is 4.83. The molecule has 1 aliphatic carbocycles. The second-order valence-corrected chi connectivity index (χ2v) is 5.21. The van der Waals surface area contributed by atoms with E-state index in [-0.39, 0.29) is 0 Å². The minimum absolute atomic E-state index is 0.819. The summed E-state index contributed by atoms with van der Waals surface area (Å²) in [5.74, 6) is 2.55. The molecule has 15 heavy (non-hydrogen) atoms. The fourth-order valence-corrected chi connectivity index (χ4v) is 3.07. The predicted octanol–water partition coefficient (Wildman–Crippen LogP) is 4.62. The molecule has 1 fully saturated rings. The van der Waals surface area contributed by atoms with Gasteiger partial charge in [-0.25, -0.2) is 0 Å². The van der Waals surface area contributed by atoms with Crippen molar-refractivity contribution in [3.8, 4) is 0 Å². The van der Waals surface area contributed by atoms with Crippen molar-refractivity contribution < 1.29 is 0 Å². The molecule has 0 nitrogen and oxygen atoms in total. The van der Waals surface area contributed by atoms with Gasteiger partial charge in [-0.15, -0.1) is 0 Å². The van der Waals surface area contributed by atoms with E-state index < -0.39 is 0 Å². The van der Waals surface area contributed by atoms with E-state index in [9.17, 15) is 0 Å². The van der Waals surface area contributed by atoms with E-state index in [0.29, 0.717) is 0 Å². The molecular weight excluding hydrogens is 180 g/mol. The normalized spacial score (nSPS) is 26.9. The molecule has 0 aromatic heterocycles. The van der Waals surface area contributed by atoms with Crippen LogP contribution in [0.15, 0.2) is 30.3 Å². The Labute approximate surface area is 93.7 Å². The van der Waals surface area contributed by atoms with Gasteiger partial charge in [-0.2, -0.15) is 0 Å². The highest BCUT2D eigenvalue weighted by atomic mass is 14.3. The van der Waals surface area contributed by atoms with Crippen LogP contribution in [0.25, 0.3) is 0 Å². The fraction of sp³-hybridized carbons (Fsp3) is 0.600. The second-order valence-electron chi connectivity index (χ2n) is 5.21. The summed E-state index contributed by atoms with van der Waals surface area (Å²) in [7, 11) is 0. The van der Waals surface area contributed by atoms with Gasteiger partial charge in [0.2, 0.25) is 0 Å². The van der Waals surface area contributed by atoms with E-state index >= 15 is 0 Å². The molecular formula is C15H22. The van der Waals surface area contributed by atoms with Crippen LogP contribution in [0.5, 0.6) is 0 Å². The van der Waals surface area contributed by atoms with Gasteiger partial charge >= 0.3 is 0 Å². The molecule has 2 atom stereocenters. The lowest BCUT2D eigenvalue weighted by molar-refractivity contribution is 0.238. The van der Waals surface area contributed by atoms with E-state index in [0.717, 1.165) is 17.8 Å². The van der Waals surface area contributed by atoms with Crippen molar-refractivity contribution in [2.45, 2.75) is 45.4 Å². The Bertz CT molecular complexity index is 286. The lowest BCUT2D eigenvalue weighted by atomic mass is 9.71. The van der Waals surface area contributed by atoms with Crippen molar-refractivity contribution >= 4 is 0 Å². The molecule has 0 heterocycles. The van der Waals surface area contributed by atoms with Gasteiger partial charge < -0.3 is 0 Å².